The van der Waals surface area contributed by atoms with Crippen LogP contribution in [0.4, 0.5) is 0 Å². The van der Waals surface area contributed by atoms with E-state index in [1.54, 1.807) is 0 Å². The van der Waals surface area contributed by atoms with Crippen LogP contribution < -0.4 is 11.5 Å². The fraction of sp³-hybridized carbons (Fsp3) is 0.891. The lowest BCUT2D eigenvalue weighted by molar-refractivity contribution is -0.358. The normalized spacial score (nSPS) is 55.7. The highest BCUT2D eigenvalue weighted by Gasteiger charge is 2.74. The number of carboxylic acid groups (broad SMARTS) is 1. The molecule has 21 nitrogen and oxygen atoms in total. The maximum Gasteiger partial charge on any atom is 0.308 e. The number of aliphatic carboxylic acids is 1. The molecule has 7 N–H and O–H groups in total. The number of carbonyl (C=O) groups excluding carboxylic acids is 1. The molecule has 28 atom stereocenters. The lowest BCUT2D eigenvalue weighted by Crippen LogP contribution is -2.64. The molecular weight excluding hydrogens is 993 g/mol. The summed E-state index contributed by atoms with van der Waals surface area (Å²) < 4.78 is 93.6. The number of nitrogens with two attached hydrogens (primary N) is 2. The Balaban J connectivity index is 0.670. The van der Waals surface area contributed by atoms with Crippen molar-refractivity contribution in [1.82, 2.24) is 0 Å². The van der Waals surface area contributed by atoms with Crippen molar-refractivity contribution in [2.75, 3.05) is 0 Å². The zero-order chi connectivity index (χ0) is 52.0. The number of ether oxygens (including phenoxy) is 14. The summed E-state index contributed by atoms with van der Waals surface area (Å²) in [6.45, 7) is 8.85. The highest BCUT2D eigenvalue weighted by atomic mass is 16.8. The lowest BCUT2D eigenvalue weighted by Gasteiger charge is -2.53. The second-order valence-corrected chi connectivity index (χ2v) is 25.2. The van der Waals surface area contributed by atoms with Gasteiger partial charge in [-0.3, -0.25) is 9.59 Å². The van der Waals surface area contributed by atoms with Gasteiger partial charge in [0.15, 0.2) is 11.6 Å². The summed E-state index contributed by atoms with van der Waals surface area (Å²) in [6, 6.07) is -0.722. The van der Waals surface area contributed by atoms with Crippen LogP contribution in [0.2, 0.25) is 0 Å². The van der Waals surface area contributed by atoms with Gasteiger partial charge in [-0.1, -0.05) is 13.2 Å². The van der Waals surface area contributed by atoms with Gasteiger partial charge in [0.05, 0.1) is 123 Å². The van der Waals surface area contributed by atoms with Crippen molar-refractivity contribution in [1.29, 1.82) is 0 Å². The zero-order valence-corrected chi connectivity index (χ0v) is 43.2. The first-order valence-corrected chi connectivity index (χ1v) is 28.8. The summed E-state index contributed by atoms with van der Waals surface area (Å²) in [5.41, 5.74) is 15.3. The van der Waals surface area contributed by atoms with E-state index in [0.717, 1.165) is 11.1 Å². The number of hydrogen-bond acceptors (Lipinski definition) is 20. The van der Waals surface area contributed by atoms with Gasteiger partial charge in [0.2, 0.25) is 5.79 Å². The molecule has 0 aliphatic carbocycles. The van der Waals surface area contributed by atoms with E-state index in [0.29, 0.717) is 116 Å². The molecule has 12 bridgehead atoms. The Morgan fingerprint density at radius 3 is 2.16 bits per heavy atom. The Kier molecular flexibility index (Phi) is 13.5. The number of esters is 1. The summed E-state index contributed by atoms with van der Waals surface area (Å²) in [5, 5.41) is 32.6. The number of rotatable bonds is 4. The minimum Gasteiger partial charge on any atom is -0.481 e. The first-order chi connectivity index (χ1) is 36.5. The minimum atomic E-state index is -1.56. The molecular formula is C55H78N2O19. The predicted molar refractivity (Wildman–Crippen MR) is 259 cm³/mol. The average molecular weight is 1070 g/mol. The van der Waals surface area contributed by atoms with E-state index in [2.05, 4.69) is 13.2 Å². The number of aliphatic hydroxyl groups is 2. The third-order valence-electron chi connectivity index (χ3n) is 20.0. The molecule has 21 heteroatoms. The van der Waals surface area contributed by atoms with Crippen molar-refractivity contribution in [3.8, 4) is 0 Å². The number of hydrogen-bond donors (Lipinski definition) is 5. The smallest absolute Gasteiger partial charge is 0.308 e. The van der Waals surface area contributed by atoms with Gasteiger partial charge < -0.3 is 93.1 Å². The van der Waals surface area contributed by atoms with Gasteiger partial charge in [0.1, 0.15) is 36.6 Å². The Morgan fingerprint density at radius 2 is 1.32 bits per heavy atom. The molecule has 2 spiro atoms. The Hall–Kier alpha value is -2.26. The molecule has 0 aromatic heterocycles. The largest absolute Gasteiger partial charge is 0.481 e. The third-order valence-corrected chi connectivity index (χ3v) is 20.0. The molecule has 422 valence electrons. The van der Waals surface area contributed by atoms with Crippen molar-refractivity contribution >= 4 is 11.9 Å². The van der Waals surface area contributed by atoms with Gasteiger partial charge in [-0.05, 0) is 75.4 Å². The molecule has 15 aliphatic rings. The second-order valence-electron chi connectivity index (χ2n) is 25.2. The molecule has 0 amide bonds. The minimum absolute atomic E-state index is 0.00320. The van der Waals surface area contributed by atoms with Crippen LogP contribution in [0.15, 0.2) is 24.3 Å². The molecule has 15 rings (SSSR count). The Labute approximate surface area is 442 Å². The lowest BCUT2D eigenvalue weighted by atomic mass is 9.84. The zero-order valence-electron chi connectivity index (χ0n) is 43.2. The van der Waals surface area contributed by atoms with E-state index < -0.39 is 115 Å². The number of carboxylic acids is 1. The SMILES string of the molecule is C=C1C[C@@H]2CC[C@@]34CC5(O)O[C@@H]6C(O[C@H]7CC[C@H](CC(=O)O[C@@H]8CC9OC%10C[C@H](C[C@@H]%11O[C@@]%12(CC[C@@H]%11O)C[C@H](N)[C@@H]%11O[C@H](CC(=O)O)CC[C@@H]%11O%12)O[C@@H]%10C[C@@H]9O[C@H]8C[C@H]8O[C@@H](CC[C@@H]1O2)C[C@@H](N)C8=C)O[C@@H]7[C@@H]6O3)[C@@H]5O4. The molecule has 15 aliphatic heterocycles. The van der Waals surface area contributed by atoms with E-state index in [1.165, 1.54) is 0 Å². The summed E-state index contributed by atoms with van der Waals surface area (Å²) in [4.78, 5) is 25.7. The summed E-state index contributed by atoms with van der Waals surface area (Å²) in [5.74, 6) is -5.00. The standard InChI is InChI=1S/C55H78N2O19/c1-24-13-29-9-11-54-23-55(62)52(76-54)51-50(75-55)49(74-54)48-35(71-51)7-4-28(67-48)18-46(61)70-44-21-43-42(69-41(44)19-37-25(2)31(56)14-26(64-37)3-6-34(24)63-29)20-40-39(68-43)16-30(65-40)15-38-33(58)10-12-53(73-38)22-32(57)47-36(72-53)8-5-27(66-47)17-45(59)60/h26-44,47-52,58,62H,1-23,56-57H2,(H,59,60)/t26-,27-,28+,29-,30-,31+,32-,33-,34-,35-,36-,37+,38-,39?,40+,41-,42-,43?,44+,47-,48-,49-,50-,51?,52-,53-,54+,55?/m0/s1. The van der Waals surface area contributed by atoms with Crippen molar-refractivity contribution in [3.63, 3.8) is 0 Å². The molecule has 0 aromatic rings. The van der Waals surface area contributed by atoms with E-state index in [4.69, 9.17) is 77.8 Å². The van der Waals surface area contributed by atoms with Crippen molar-refractivity contribution in [2.24, 2.45) is 11.5 Å². The van der Waals surface area contributed by atoms with E-state index in [1.807, 2.05) is 0 Å². The monoisotopic (exact) mass is 1070 g/mol. The molecule has 15 fully saturated rings. The Morgan fingerprint density at radius 1 is 0.592 bits per heavy atom. The molecule has 0 aromatic carbocycles. The van der Waals surface area contributed by atoms with E-state index >= 15 is 0 Å². The van der Waals surface area contributed by atoms with Crippen LogP contribution in [0.25, 0.3) is 0 Å². The fourth-order valence-electron chi connectivity index (χ4n) is 16.3. The fourth-order valence-corrected chi connectivity index (χ4v) is 16.3. The van der Waals surface area contributed by atoms with Gasteiger partial charge in [0, 0.05) is 63.5 Å². The summed E-state index contributed by atoms with van der Waals surface area (Å²) in [6.07, 6.45) is -0.123. The number of fused-ring (bicyclic) bond motifs is 9. The maximum atomic E-state index is 14.3. The quantitative estimate of drug-likeness (QED) is 0.200. The van der Waals surface area contributed by atoms with Crippen LogP contribution in [0, 0.1) is 0 Å². The van der Waals surface area contributed by atoms with Crippen molar-refractivity contribution < 1.29 is 91.2 Å². The molecule has 15 heterocycles. The molecule has 76 heavy (non-hydrogen) atoms. The first-order valence-electron chi connectivity index (χ1n) is 28.8. The molecule has 0 saturated carbocycles. The van der Waals surface area contributed by atoms with Crippen LogP contribution >= 0.6 is 0 Å². The number of aliphatic hydroxyl groups excluding tert-OH is 1. The first kappa shape index (κ1) is 51.9. The summed E-state index contributed by atoms with van der Waals surface area (Å²) in [7, 11) is 0. The predicted octanol–water partition coefficient (Wildman–Crippen LogP) is 2.53. The topological polar surface area (TPSA) is 276 Å². The second kappa shape index (κ2) is 19.7. The number of carbonyl (C=O) groups is 2. The highest BCUT2D eigenvalue weighted by Crippen LogP contribution is 2.58. The van der Waals surface area contributed by atoms with Gasteiger partial charge in [-0.2, -0.15) is 0 Å². The van der Waals surface area contributed by atoms with E-state index in [-0.39, 0.29) is 86.3 Å². The van der Waals surface area contributed by atoms with E-state index in [9.17, 15) is 24.9 Å². The molecule has 15 saturated heterocycles. The van der Waals surface area contributed by atoms with Crippen LogP contribution in [0.5, 0.6) is 0 Å². The average Bonchev–Trinajstić information content (AvgIpc) is 4.26. The van der Waals surface area contributed by atoms with Crippen molar-refractivity contribution in [2.45, 2.75) is 305 Å². The summed E-state index contributed by atoms with van der Waals surface area (Å²) >= 11 is 0. The van der Waals surface area contributed by atoms with Crippen molar-refractivity contribution in [3.05, 3.63) is 24.3 Å². The van der Waals surface area contributed by atoms with Crippen LogP contribution in [-0.4, -0.2) is 197 Å². The van der Waals surface area contributed by atoms with Gasteiger partial charge in [-0.25, -0.2) is 0 Å². The van der Waals surface area contributed by atoms with Crippen LogP contribution in [-0.2, 0) is 75.9 Å². The Bertz CT molecular complexity index is 2260. The maximum absolute atomic E-state index is 14.3. The molecule has 0 radical (unpaired) electrons. The van der Waals surface area contributed by atoms with Crippen LogP contribution in [0.3, 0.4) is 0 Å². The highest BCUT2D eigenvalue weighted by molar-refractivity contribution is 5.70. The third kappa shape index (κ3) is 9.47. The van der Waals surface area contributed by atoms with Gasteiger partial charge >= 0.3 is 11.9 Å². The van der Waals surface area contributed by atoms with Gasteiger partial charge in [-0.15, -0.1) is 0 Å². The molecule has 4 unspecified atom stereocenters. The van der Waals surface area contributed by atoms with Gasteiger partial charge in [0.25, 0.3) is 0 Å². The van der Waals surface area contributed by atoms with Crippen LogP contribution in [0.1, 0.15) is 135 Å².